The molecule has 4 atom stereocenters. The number of aliphatic hydroxyl groups excluding tert-OH is 1. The van der Waals surface area contributed by atoms with Gasteiger partial charge in [0.1, 0.15) is 6.04 Å². The zero-order chi connectivity index (χ0) is 38.7. The van der Waals surface area contributed by atoms with Crippen LogP contribution in [0.3, 0.4) is 0 Å². The highest BCUT2D eigenvalue weighted by Crippen LogP contribution is 2.21. The Labute approximate surface area is 320 Å². The van der Waals surface area contributed by atoms with Gasteiger partial charge in [-0.05, 0) is 44.2 Å². The summed E-state index contributed by atoms with van der Waals surface area (Å²) in [5.74, 6) is -0.602. The van der Waals surface area contributed by atoms with Crippen molar-refractivity contribution in [3.63, 3.8) is 0 Å². The first-order chi connectivity index (χ1) is 25.1. The van der Waals surface area contributed by atoms with Gasteiger partial charge in [0.2, 0.25) is 11.8 Å². The fraction of sp³-hybridized carbons (Fsp3) is 0.561. The van der Waals surface area contributed by atoms with E-state index in [0.717, 1.165) is 29.4 Å². The molecule has 4 amide bonds. The van der Waals surface area contributed by atoms with Gasteiger partial charge < -0.3 is 26.0 Å². The van der Waals surface area contributed by atoms with Crippen LogP contribution in [0.1, 0.15) is 76.2 Å². The van der Waals surface area contributed by atoms with Crippen LogP contribution in [0, 0.1) is 11.8 Å². The largest absolute Gasteiger partial charge is 0.390 e. The highest BCUT2D eigenvalue weighted by molar-refractivity contribution is 7.09. The second-order valence-corrected chi connectivity index (χ2v) is 17.0. The first kappa shape index (κ1) is 41.9. The molecule has 290 valence electrons. The maximum Gasteiger partial charge on any atom is 0.317 e. The zero-order valence-corrected chi connectivity index (χ0v) is 33.7. The van der Waals surface area contributed by atoms with Crippen LogP contribution in [0.5, 0.6) is 0 Å². The Bertz CT molecular complexity index is 1590. The molecule has 3 aromatic rings. The molecule has 11 nitrogen and oxygen atoms in total. The smallest absolute Gasteiger partial charge is 0.317 e. The highest BCUT2D eigenvalue weighted by atomic mass is 32.1. The Morgan fingerprint density at radius 1 is 0.981 bits per heavy atom. The SMILES string of the molecule is CC(C)c1nc(CN(C)C(=O)NC[C@@H](C(=O)N[C@H](Cc2ccccc2)[C@@H](O)CN2CCN(Cc3ccccc3)C[C@@H]2C(=O)NC(C)(C)C)C(C)C)cs1. The molecule has 53 heavy (non-hydrogen) atoms. The lowest BCUT2D eigenvalue weighted by molar-refractivity contribution is -0.132. The first-order valence-corrected chi connectivity index (χ1v) is 19.8. The molecule has 0 aliphatic carbocycles. The number of benzene rings is 2. The third-order valence-corrected chi connectivity index (χ3v) is 10.8. The van der Waals surface area contributed by atoms with E-state index in [1.165, 1.54) is 5.56 Å². The van der Waals surface area contributed by atoms with E-state index in [-0.39, 0.29) is 36.9 Å². The van der Waals surface area contributed by atoms with Crippen molar-refractivity contribution in [2.24, 2.45) is 11.8 Å². The number of amides is 4. The van der Waals surface area contributed by atoms with Crippen molar-refractivity contribution >= 4 is 29.2 Å². The van der Waals surface area contributed by atoms with E-state index >= 15 is 0 Å². The van der Waals surface area contributed by atoms with Gasteiger partial charge >= 0.3 is 6.03 Å². The Morgan fingerprint density at radius 3 is 2.21 bits per heavy atom. The zero-order valence-electron chi connectivity index (χ0n) is 32.8. The maximum absolute atomic E-state index is 14.0. The van der Waals surface area contributed by atoms with Crippen LogP contribution in [0.4, 0.5) is 4.79 Å². The third-order valence-electron chi connectivity index (χ3n) is 9.56. The van der Waals surface area contributed by atoms with Crippen LogP contribution < -0.4 is 16.0 Å². The molecule has 1 aliphatic heterocycles. The monoisotopic (exact) mass is 747 g/mol. The number of carbonyl (C=O) groups is 3. The van der Waals surface area contributed by atoms with Crippen LogP contribution >= 0.6 is 11.3 Å². The molecule has 2 heterocycles. The van der Waals surface area contributed by atoms with Crippen LogP contribution in [-0.4, -0.2) is 106 Å². The molecule has 2 aromatic carbocycles. The molecule has 4 N–H and O–H groups in total. The predicted octanol–water partition coefficient (Wildman–Crippen LogP) is 4.87. The number of hydrogen-bond donors (Lipinski definition) is 4. The van der Waals surface area contributed by atoms with Crippen molar-refractivity contribution in [2.75, 3.05) is 39.8 Å². The van der Waals surface area contributed by atoms with Gasteiger partial charge in [-0.3, -0.25) is 19.4 Å². The number of piperazine rings is 1. The summed E-state index contributed by atoms with van der Waals surface area (Å²) < 4.78 is 0. The lowest BCUT2D eigenvalue weighted by atomic mass is 9.93. The molecule has 0 unspecified atom stereocenters. The van der Waals surface area contributed by atoms with Crippen LogP contribution in [0.2, 0.25) is 0 Å². The van der Waals surface area contributed by atoms with Crippen molar-refractivity contribution in [2.45, 2.75) is 97.6 Å². The number of urea groups is 1. The summed E-state index contributed by atoms with van der Waals surface area (Å²) in [6.45, 7) is 17.3. The lowest BCUT2D eigenvalue weighted by Crippen LogP contribution is -2.63. The van der Waals surface area contributed by atoms with Crippen molar-refractivity contribution in [1.82, 2.24) is 35.6 Å². The summed E-state index contributed by atoms with van der Waals surface area (Å²) in [6, 6.07) is 18.6. The van der Waals surface area contributed by atoms with E-state index in [1.807, 2.05) is 88.5 Å². The summed E-state index contributed by atoms with van der Waals surface area (Å²) in [4.78, 5) is 51.4. The standard InChI is InChI=1S/C41H61N7O4S/c1-28(2)33(22-42-40(52)46(8)24-32-27-53-39(43-32)29(3)4)37(50)44-34(21-30-15-11-9-12-16-30)36(49)26-48-20-19-47(23-31-17-13-10-14-18-31)25-35(48)38(51)45-41(5,6)7/h9-18,27-29,33-36,49H,19-26H2,1-8H3,(H,42,52)(H,44,50)(H,45,51)/t33-,34-,35-,36+/m1/s1. The molecule has 0 radical (unpaired) electrons. The number of aromatic nitrogens is 1. The highest BCUT2D eigenvalue weighted by Gasteiger charge is 2.37. The van der Waals surface area contributed by atoms with E-state index in [1.54, 1.807) is 23.3 Å². The van der Waals surface area contributed by atoms with E-state index < -0.39 is 29.6 Å². The minimum Gasteiger partial charge on any atom is -0.390 e. The lowest BCUT2D eigenvalue weighted by Gasteiger charge is -2.43. The number of nitrogens with zero attached hydrogens (tertiary/aromatic N) is 4. The Morgan fingerprint density at radius 2 is 1.62 bits per heavy atom. The summed E-state index contributed by atoms with van der Waals surface area (Å²) in [5, 5.41) is 24.2. The van der Waals surface area contributed by atoms with Gasteiger partial charge in [0, 0.05) is 63.2 Å². The normalized spacial score (nSPS) is 17.3. The molecule has 1 aromatic heterocycles. The second kappa shape index (κ2) is 19.5. The number of carbonyl (C=O) groups excluding carboxylic acids is 3. The average Bonchev–Trinajstić information content (AvgIpc) is 3.57. The van der Waals surface area contributed by atoms with Gasteiger partial charge in [-0.2, -0.15) is 0 Å². The molecular formula is C41H61N7O4S. The molecule has 0 spiro atoms. The predicted molar refractivity (Wildman–Crippen MR) is 212 cm³/mol. The summed E-state index contributed by atoms with van der Waals surface area (Å²) >= 11 is 1.59. The molecule has 0 saturated carbocycles. The molecule has 0 bridgehead atoms. The summed E-state index contributed by atoms with van der Waals surface area (Å²) in [6.07, 6.45) is -0.556. The van der Waals surface area contributed by atoms with Gasteiger partial charge in [-0.1, -0.05) is 88.4 Å². The number of β-amino-alcohol motifs (C(OH)–C–C–N with tert-alkyl or cyclic N) is 1. The number of rotatable bonds is 16. The quantitative estimate of drug-likeness (QED) is 0.165. The van der Waals surface area contributed by atoms with Gasteiger partial charge in [0.05, 0.1) is 35.3 Å². The maximum atomic E-state index is 14.0. The van der Waals surface area contributed by atoms with Crippen molar-refractivity contribution in [3.8, 4) is 0 Å². The number of hydrogen-bond acceptors (Lipinski definition) is 8. The number of thiazole rings is 1. The van der Waals surface area contributed by atoms with E-state index in [2.05, 4.69) is 56.7 Å². The Balaban J connectivity index is 1.45. The first-order valence-electron chi connectivity index (χ1n) is 18.9. The number of aliphatic hydroxyl groups is 1. The van der Waals surface area contributed by atoms with Crippen molar-refractivity contribution < 1.29 is 19.5 Å². The molecule has 1 aliphatic rings. The van der Waals surface area contributed by atoms with Gasteiger partial charge in [0.15, 0.2) is 0 Å². The van der Waals surface area contributed by atoms with E-state index in [0.29, 0.717) is 32.0 Å². The van der Waals surface area contributed by atoms with Crippen LogP contribution in [0.15, 0.2) is 66.0 Å². The fourth-order valence-corrected chi connectivity index (χ4v) is 7.36. The molecule has 1 fully saturated rings. The van der Waals surface area contributed by atoms with Gasteiger partial charge in [0.25, 0.3) is 0 Å². The summed E-state index contributed by atoms with van der Waals surface area (Å²) in [7, 11) is 1.72. The molecule has 12 heteroatoms. The van der Waals surface area contributed by atoms with Gasteiger partial charge in [-0.15, -0.1) is 11.3 Å². The topological polar surface area (TPSA) is 130 Å². The van der Waals surface area contributed by atoms with Crippen molar-refractivity contribution in [1.29, 1.82) is 0 Å². The Hall–Kier alpha value is -3.84. The van der Waals surface area contributed by atoms with Crippen LogP contribution in [-0.2, 0) is 29.1 Å². The molecule has 1 saturated heterocycles. The second-order valence-electron chi connectivity index (χ2n) is 16.1. The average molecular weight is 748 g/mol. The van der Waals surface area contributed by atoms with E-state index in [4.69, 9.17) is 0 Å². The van der Waals surface area contributed by atoms with E-state index in [9.17, 15) is 19.5 Å². The fourth-order valence-electron chi connectivity index (χ4n) is 6.53. The van der Waals surface area contributed by atoms with Gasteiger partial charge in [-0.25, -0.2) is 9.78 Å². The molecular weight excluding hydrogens is 687 g/mol. The number of nitrogens with one attached hydrogen (secondary N) is 3. The molecule has 4 rings (SSSR count). The van der Waals surface area contributed by atoms with Crippen LogP contribution in [0.25, 0.3) is 0 Å². The van der Waals surface area contributed by atoms with Crippen molar-refractivity contribution in [3.05, 3.63) is 87.9 Å². The Kier molecular flexibility index (Phi) is 15.4. The minimum atomic E-state index is -0.966. The minimum absolute atomic E-state index is 0.0783. The summed E-state index contributed by atoms with van der Waals surface area (Å²) in [5.41, 5.74) is 2.58. The third kappa shape index (κ3) is 13.2.